The topological polar surface area (TPSA) is 38.3 Å². The van der Waals surface area contributed by atoms with Gasteiger partial charge in [0.25, 0.3) is 0 Å². The first-order valence-electron chi connectivity index (χ1n) is 4.26. The second kappa shape index (κ2) is 4.77. The summed E-state index contributed by atoms with van der Waals surface area (Å²) in [4.78, 5) is 6.53. The fraction of sp³-hybridized carbons (Fsp3) is 0.875. The van der Waals surface area contributed by atoms with Gasteiger partial charge in [-0.25, -0.2) is 4.79 Å². The Kier molecular flexibility index (Phi) is 4.61. The van der Waals surface area contributed by atoms with Crippen LogP contribution in [0.15, 0.2) is 0 Å². The van der Waals surface area contributed by atoms with Gasteiger partial charge in [-0.1, -0.05) is 0 Å². The number of carbonyl (C=O) groups is 1. The maximum Gasteiger partial charge on any atom is 0.407 e. The molecule has 96 valence electrons. The maximum absolute atomic E-state index is 12.7. The molecule has 3 nitrogen and oxygen atoms in total. The van der Waals surface area contributed by atoms with E-state index in [1.165, 1.54) is 36.7 Å². The highest BCUT2D eigenvalue weighted by molar-refractivity contribution is 9.10. The Hall–Kier alpha value is -0.530. The van der Waals surface area contributed by atoms with Crippen molar-refractivity contribution in [1.29, 1.82) is 0 Å². The number of ether oxygens (including phenoxy) is 1. The molecule has 8 heteroatoms. The summed E-state index contributed by atoms with van der Waals surface area (Å²) in [7, 11) is 0. The lowest BCUT2D eigenvalue weighted by Crippen LogP contribution is -2.47. The summed E-state index contributed by atoms with van der Waals surface area (Å²) < 4.78 is 54.4. The third-order valence-electron chi connectivity index (χ3n) is 1.27. The largest absolute Gasteiger partial charge is 0.444 e. The highest BCUT2D eigenvalue weighted by Crippen LogP contribution is 2.38. The van der Waals surface area contributed by atoms with Gasteiger partial charge < -0.3 is 10.1 Å². The summed E-state index contributed by atoms with van der Waals surface area (Å²) in [6, 6.07) is 0. The number of carbonyl (C=O) groups excluding carboxylic acids is 1. The van der Waals surface area contributed by atoms with Gasteiger partial charge >= 0.3 is 16.8 Å². The average Bonchev–Trinajstić information content (AvgIpc) is 1.95. The van der Waals surface area contributed by atoms with E-state index in [1.807, 2.05) is 0 Å². The van der Waals surface area contributed by atoms with Crippen LogP contribution in [0.4, 0.5) is 22.4 Å². The van der Waals surface area contributed by atoms with Crippen LogP contribution in [0.3, 0.4) is 0 Å². The lowest BCUT2D eigenvalue weighted by Gasteiger charge is -2.23. The molecule has 0 rings (SSSR count). The normalized spacial score (nSPS) is 13.5. The van der Waals surface area contributed by atoms with Crippen LogP contribution >= 0.6 is 15.9 Å². The van der Waals surface area contributed by atoms with E-state index >= 15 is 0 Å². The lowest BCUT2D eigenvalue weighted by molar-refractivity contribution is -0.143. The molecular formula is C8H12BrF4NO2. The minimum absolute atomic E-state index is 0.879. The highest BCUT2D eigenvalue weighted by Gasteiger charge is 2.54. The summed E-state index contributed by atoms with van der Waals surface area (Å²) in [5, 5.41) is 1.56. The first kappa shape index (κ1) is 15.5. The predicted octanol–water partition coefficient (Wildman–Crippen LogP) is 3.13. The van der Waals surface area contributed by atoms with Gasteiger partial charge in [-0.15, -0.1) is 0 Å². The highest BCUT2D eigenvalue weighted by atomic mass is 79.9. The van der Waals surface area contributed by atoms with Crippen LogP contribution in [0.2, 0.25) is 0 Å². The zero-order valence-corrected chi connectivity index (χ0v) is 10.5. The van der Waals surface area contributed by atoms with Gasteiger partial charge in [-0.2, -0.15) is 17.6 Å². The van der Waals surface area contributed by atoms with Crippen LogP contribution < -0.4 is 5.32 Å². The first-order chi connectivity index (χ1) is 6.85. The molecule has 1 N–H and O–H groups in total. The number of nitrogens with one attached hydrogen (secondary N) is 1. The van der Waals surface area contributed by atoms with Gasteiger partial charge in [0.15, 0.2) is 0 Å². The fourth-order valence-corrected chi connectivity index (χ4v) is 0.738. The molecule has 0 bridgehead atoms. The van der Waals surface area contributed by atoms with Crippen molar-refractivity contribution in [1.82, 2.24) is 5.32 Å². The molecule has 0 saturated heterocycles. The fourth-order valence-electron chi connectivity index (χ4n) is 0.598. The number of amides is 1. The molecule has 0 heterocycles. The maximum atomic E-state index is 12.7. The van der Waals surface area contributed by atoms with Crippen molar-refractivity contribution in [2.24, 2.45) is 0 Å². The van der Waals surface area contributed by atoms with Crippen molar-refractivity contribution in [3.63, 3.8) is 0 Å². The second-order valence-corrected chi connectivity index (χ2v) is 5.05. The molecule has 16 heavy (non-hydrogen) atoms. The van der Waals surface area contributed by atoms with E-state index in [-0.39, 0.29) is 0 Å². The van der Waals surface area contributed by atoms with Gasteiger partial charge in [-0.3, -0.25) is 0 Å². The molecule has 0 aliphatic heterocycles. The average molecular weight is 310 g/mol. The van der Waals surface area contributed by atoms with Crippen LogP contribution in [-0.2, 0) is 4.74 Å². The summed E-state index contributed by atoms with van der Waals surface area (Å²) >= 11 is 1.54. The van der Waals surface area contributed by atoms with E-state index < -0.39 is 29.0 Å². The molecule has 0 radical (unpaired) electrons. The van der Waals surface area contributed by atoms with E-state index in [9.17, 15) is 22.4 Å². The van der Waals surface area contributed by atoms with E-state index in [1.54, 1.807) is 5.32 Å². The van der Waals surface area contributed by atoms with Gasteiger partial charge in [0.2, 0.25) is 0 Å². The molecule has 0 saturated carbocycles. The predicted molar refractivity (Wildman–Crippen MR) is 53.1 cm³/mol. The van der Waals surface area contributed by atoms with E-state index in [2.05, 4.69) is 4.74 Å². The molecule has 0 fully saturated rings. The molecular weight excluding hydrogens is 298 g/mol. The minimum atomic E-state index is -4.39. The van der Waals surface area contributed by atoms with Crippen molar-refractivity contribution >= 4 is 22.0 Å². The van der Waals surface area contributed by atoms with Crippen LogP contribution in [0, 0.1) is 0 Å². The Balaban J connectivity index is 4.22. The summed E-state index contributed by atoms with van der Waals surface area (Å²) in [6.45, 7) is 3.04. The number of alkyl halides is 5. The SMILES string of the molecule is CC(C)(C)OC(=O)NCC(F)(F)C(F)(F)Br. The molecule has 0 aromatic carbocycles. The van der Waals surface area contributed by atoms with E-state index in [4.69, 9.17) is 0 Å². The lowest BCUT2D eigenvalue weighted by atomic mass is 10.2. The Morgan fingerprint density at radius 3 is 2.00 bits per heavy atom. The Morgan fingerprint density at radius 1 is 1.25 bits per heavy atom. The number of hydrogen-bond acceptors (Lipinski definition) is 2. The van der Waals surface area contributed by atoms with Gasteiger partial charge in [0.1, 0.15) is 5.60 Å². The van der Waals surface area contributed by atoms with Gasteiger partial charge in [0, 0.05) is 0 Å². The standard InChI is InChI=1S/C8H12BrF4NO2/c1-6(2,3)16-5(15)14-4-7(10,11)8(9,12)13/h4H2,1-3H3,(H,14,15). The zero-order valence-electron chi connectivity index (χ0n) is 8.91. The third-order valence-corrected chi connectivity index (χ3v) is 1.85. The summed E-state index contributed by atoms with van der Waals surface area (Å²) in [6.07, 6.45) is -1.18. The number of halogens is 5. The minimum Gasteiger partial charge on any atom is -0.444 e. The van der Waals surface area contributed by atoms with Crippen molar-refractivity contribution < 1.29 is 27.1 Å². The number of rotatable bonds is 3. The Morgan fingerprint density at radius 2 is 1.69 bits per heavy atom. The van der Waals surface area contributed by atoms with Crippen molar-refractivity contribution in [2.45, 2.75) is 37.1 Å². The van der Waals surface area contributed by atoms with Crippen LogP contribution in [-0.4, -0.2) is 29.0 Å². The Bertz CT molecular complexity index is 260. The monoisotopic (exact) mass is 309 g/mol. The second-order valence-electron chi connectivity index (χ2n) is 4.06. The molecule has 0 spiro atoms. The Labute approximate surface area is 98.6 Å². The first-order valence-corrected chi connectivity index (χ1v) is 5.06. The number of alkyl carbamates (subject to hydrolysis) is 1. The summed E-state index contributed by atoms with van der Waals surface area (Å²) in [5.74, 6) is -4.39. The number of hydrogen-bond donors (Lipinski definition) is 1. The van der Waals surface area contributed by atoms with E-state index in [0.717, 1.165) is 0 Å². The van der Waals surface area contributed by atoms with Crippen molar-refractivity contribution in [2.75, 3.05) is 6.54 Å². The summed E-state index contributed by atoms with van der Waals surface area (Å²) in [5.41, 5.74) is -0.879. The van der Waals surface area contributed by atoms with Gasteiger partial charge in [0.05, 0.1) is 6.54 Å². The smallest absolute Gasteiger partial charge is 0.407 e. The molecule has 0 atom stereocenters. The van der Waals surface area contributed by atoms with Crippen LogP contribution in [0.5, 0.6) is 0 Å². The molecule has 1 amide bonds. The third kappa shape index (κ3) is 5.53. The molecule has 0 aliphatic carbocycles. The van der Waals surface area contributed by atoms with Crippen molar-refractivity contribution in [3.05, 3.63) is 0 Å². The molecule has 0 aliphatic rings. The molecule has 0 unspecified atom stereocenters. The molecule has 0 aromatic heterocycles. The quantitative estimate of drug-likeness (QED) is 0.642. The van der Waals surface area contributed by atoms with Crippen LogP contribution in [0.1, 0.15) is 20.8 Å². The zero-order chi connectivity index (χ0) is 13.2. The van der Waals surface area contributed by atoms with Gasteiger partial charge in [-0.05, 0) is 36.7 Å². The molecule has 0 aromatic rings. The van der Waals surface area contributed by atoms with Crippen LogP contribution in [0.25, 0.3) is 0 Å². The van der Waals surface area contributed by atoms with E-state index in [0.29, 0.717) is 0 Å². The van der Waals surface area contributed by atoms with Crippen molar-refractivity contribution in [3.8, 4) is 0 Å².